The third kappa shape index (κ3) is 4.10. The van der Waals surface area contributed by atoms with Crippen LogP contribution in [0.15, 0.2) is 53.5 Å². The van der Waals surface area contributed by atoms with Gasteiger partial charge in [-0.05, 0) is 23.6 Å². The van der Waals surface area contributed by atoms with E-state index in [0.29, 0.717) is 6.42 Å². The van der Waals surface area contributed by atoms with Crippen LogP contribution in [0.2, 0.25) is 0 Å². The molecule has 4 aromatic rings. The van der Waals surface area contributed by atoms with E-state index in [1.807, 2.05) is 50.5 Å². The summed E-state index contributed by atoms with van der Waals surface area (Å²) in [5, 5.41) is 5.06. The van der Waals surface area contributed by atoms with Gasteiger partial charge in [0.1, 0.15) is 10.7 Å². The van der Waals surface area contributed by atoms with Crippen LogP contribution < -0.4 is 0 Å². The highest BCUT2D eigenvalue weighted by Crippen LogP contribution is 2.28. The molecule has 0 bridgehead atoms. The Labute approximate surface area is 177 Å². The number of pyridine rings is 1. The van der Waals surface area contributed by atoms with Gasteiger partial charge in [0.05, 0.1) is 22.7 Å². The van der Waals surface area contributed by atoms with Crippen molar-refractivity contribution in [3.63, 3.8) is 0 Å². The lowest BCUT2D eigenvalue weighted by Crippen LogP contribution is -2.48. The van der Waals surface area contributed by atoms with E-state index >= 15 is 0 Å². The van der Waals surface area contributed by atoms with Gasteiger partial charge in [-0.1, -0.05) is 12.1 Å². The van der Waals surface area contributed by atoms with Crippen molar-refractivity contribution in [1.29, 1.82) is 0 Å². The number of aromatic nitrogens is 3. The molecule has 0 aromatic carbocycles. The van der Waals surface area contributed by atoms with E-state index in [4.69, 9.17) is 0 Å². The average Bonchev–Trinajstić information content (AvgIpc) is 3.48. The van der Waals surface area contributed by atoms with Crippen molar-refractivity contribution in [2.24, 2.45) is 0 Å². The molecule has 0 atom stereocenters. The minimum absolute atomic E-state index is 0.167. The van der Waals surface area contributed by atoms with Gasteiger partial charge in [0, 0.05) is 50.5 Å². The van der Waals surface area contributed by atoms with E-state index in [2.05, 4.69) is 27.1 Å². The minimum Gasteiger partial charge on any atom is -0.340 e. The van der Waals surface area contributed by atoms with Crippen LogP contribution in [0.3, 0.4) is 0 Å². The first kappa shape index (κ1) is 18.5. The fraction of sp³-hybridized carbons (Fsp3) is 0.286. The first-order chi connectivity index (χ1) is 14.2. The van der Waals surface area contributed by atoms with Gasteiger partial charge in [0.2, 0.25) is 5.91 Å². The molecule has 0 spiro atoms. The van der Waals surface area contributed by atoms with Crippen LogP contribution in [0.4, 0.5) is 0 Å². The van der Waals surface area contributed by atoms with Crippen LogP contribution in [0.25, 0.3) is 15.5 Å². The molecule has 0 N–H and O–H groups in total. The van der Waals surface area contributed by atoms with E-state index in [-0.39, 0.29) is 5.91 Å². The molecule has 29 heavy (non-hydrogen) atoms. The SMILES string of the molecule is O=C(Cc1csc(-c2cccs2)n1)N1CCN(Cc2cn3ccccc3n2)CC1. The van der Waals surface area contributed by atoms with Crippen LogP contribution >= 0.6 is 22.7 Å². The molecule has 0 aliphatic carbocycles. The second-order valence-electron chi connectivity index (χ2n) is 7.15. The number of hydrogen-bond acceptors (Lipinski definition) is 6. The largest absolute Gasteiger partial charge is 0.340 e. The van der Waals surface area contributed by atoms with Gasteiger partial charge in [-0.3, -0.25) is 9.69 Å². The maximum Gasteiger partial charge on any atom is 0.228 e. The fourth-order valence-corrected chi connectivity index (χ4v) is 5.25. The number of piperazine rings is 1. The van der Waals surface area contributed by atoms with E-state index in [1.165, 1.54) is 0 Å². The standard InChI is InChI=1S/C21H21N5OS2/c27-20(12-16-15-29-21(23-16)18-4-3-11-28-18)25-9-7-24(8-10-25)13-17-14-26-6-2-1-5-19(26)22-17/h1-6,11,14-15H,7-10,12-13H2. The van der Waals surface area contributed by atoms with E-state index in [9.17, 15) is 4.79 Å². The first-order valence-corrected chi connectivity index (χ1v) is 11.4. The number of rotatable bonds is 5. The third-order valence-corrected chi connectivity index (χ3v) is 7.07. The molecule has 0 radical (unpaired) electrons. The van der Waals surface area contributed by atoms with Crippen molar-refractivity contribution in [3.8, 4) is 9.88 Å². The van der Waals surface area contributed by atoms with Crippen molar-refractivity contribution in [2.75, 3.05) is 26.2 Å². The number of amides is 1. The molecule has 1 aliphatic heterocycles. The second kappa shape index (κ2) is 8.06. The summed E-state index contributed by atoms with van der Waals surface area (Å²) in [6.07, 6.45) is 4.49. The van der Waals surface area contributed by atoms with E-state index in [1.54, 1.807) is 22.7 Å². The Balaban J connectivity index is 1.14. The molecule has 6 nitrogen and oxygen atoms in total. The van der Waals surface area contributed by atoms with Gasteiger partial charge in [-0.2, -0.15) is 0 Å². The maximum absolute atomic E-state index is 12.7. The summed E-state index contributed by atoms with van der Waals surface area (Å²) in [5.74, 6) is 0.167. The van der Waals surface area contributed by atoms with Gasteiger partial charge < -0.3 is 9.30 Å². The quantitative estimate of drug-likeness (QED) is 0.494. The van der Waals surface area contributed by atoms with Crippen LogP contribution in [0, 0.1) is 0 Å². The topological polar surface area (TPSA) is 53.7 Å². The maximum atomic E-state index is 12.7. The molecule has 148 valence electrons. The third-order valence-electron chi connectivity index (χ3n) is 5.14. The summed E-state index contributed by atoms with van der Waals surface area (Å²) in [7, 11) is 0. The summed E-state index contributed by atoms with van der Waals surface area (Å²) >= 11 is 3.29. The highest BCUT2D eigenvalue weighted by Gasteiger charge is 2.22. The fourth-order valence-electron chi connectivity index (χ4n) is 3.62. The summed E-state index contributed by atoms with van der Waals surface area (Å²) in [6, 6.07) is 10.1. The molecule has 5 heterocycles. The molecular formula is C21H21N5OS2. The molecule has 1 fully saturated rings. The second-order valence-corrected chi connectivity index (χ2v) is 8.96. The Hall–Kier alpha value is -2.55. The Morgan fingerprint density at radius 2 is 1.90 bits per heavy atom. The van der Waals surface area contributed by atoms with Gasteiger partial charge in [0.15, 0.2) is 0 Å². The molecular weight excluding hydrogens is 402 g/mol. The smallest absolute Gasteiger partial charge is 0.228 e. The van der Waals surface area contributed by atoms with Gasteiger partial charge in [-0.15, -0.1) is 22.7 Å². The van der Waals surface area contributed by atoms with Crippen molar-refractivity contribution in [2.45, 2.75) is 13.0 Å². The summed E-state index contributed by atoms with van der Waals surface area (Å²) in [5.41, 5.74) is 2.91. The molecule has 5 rings (SSSR count). The van der Waals surface area contributed by atoms with Gasteiger partial charge >= 0.3 is 0 Å². The van der Waals surface area contributed by atoms with E-state index in [0.717, 1.165) is 59.6 Å². The van der Waals surface area contributed by atoms with Crippen molar-refractivity contribution >= 4 is 34.2 Å². The number of hydrogen-bond donors (Lipinski definition) is 0. The summed E-state index contributed by atoms with van der Waals surface area (Å²) in [4.78, 5) is 27.5. The number of imidazole rings is 1. The zero-order chi connectivity index (χ0) is 19.6. The Bertz CT molecular complexity index is 1080. The van der Waals surface area contributed by atoms with Crippen molar-refractivity contribution < 1.29 is 4.79 Å². The van der Waals surface area contributed by atoms with E-state index < -0.39 is 0 Å². The molecule has 0 unspecified atom stereocenters. The highest BCUT2D eigenvalue weighted by atomic mass is 32.1. The van der Waals surface area contributed by atoms with Crippen molar-refractivity contribution in [1.82, 2.24) is 24.2 Å². The van der Waals surface area contributed by atoms with Crippen molar-refractivity contribution in [3.05, 3.63) is 64.9 Å². The average molecular weight is 424 g/mol. The Morgan fingerprint density at radius 3 is 2.69 bits per heavy atom. The van der Waals surface area contributed by atoms with Crippen LogP contribution in [-0.4, -0.2) is 56.3 Å². The van der Waals surface area contributed by atoms with Gasteiger partial charge in [0.25, 0.3) is 0 Å². The molecule has 1 saturated heterocycles. The zero-order valence-electron chi connectivity index (χ0n) is 15.9. The van der Waals surface area contributed by atoms with Crippen LogP contribution in [-0.2, 0) is 17.8 Å². The number of carbonyl (C=O) groups excluding carboxylic acids is 1. The summed E-state index contributed by atoms with van der Waals surface area (Å²) in [6.45, 7) is 4.08. The molecule has 4 aromatic heterocycles. The highest BCUT2D eigenvalue weighted by molar-refractivity contribution is 7.20. The number of nitrogens with zero attached hydrogens (tertiary/aromatic N) is 5. The Morgan fingerprint density at radius 1 is 1.00 bits per heavy atom. The predicted molar refractivity (Wildman–Crippen MR) is 116 cm³/mol. The molecule has 8 heteroatoms. The number of fused-ring (bicyclic) bond motifs is 1. The minimum atomic E-state index is 0.167. The Kier molecular flexibility index (Phi) is 5.13. The molecule has 0 saturated carbocycles. The first-order valence-electron chi connectivity index (χ1n) is 9.65. The lowest BCUT2D eigenvalue weighted by molar-refractivity contribution is -0.132. The van der Waals surface area contributed by atoms with Crippen LogP contribution in [0.1, 0.15) is 11.4 Å². The lowest BCUT2D eigenvalue weighted by Gasteiger charge is -2.34. The van der Waals surface area contributed by atoms with Crippen LogP contribution in [0.5, 0.6) is 0 Å². The number of thiophene rings is 1. The number of carbonyl (C=O) groups is 1. The summed E-state index contributed by atoms with van der Waals surface area (Å²) < 4.78 is 2.05. The van der Waals surface area contributed by atoms with Gasteiger partial charge in [-0.25, -0.2) is 9.97 Å². The number of thiazole rings is 1. The molecule has 1 amide bonds. The monoisotopic (exact) mass is 423 g/mol. The molecule has 1 aliphatic rings. The zero-order valence-corrected chi connectivity index (χ0v) is 17.5. The lowest BCUT2D eigenvalue weighted by atomic mass is 10.2. The normalized spacial score (nSPS) is 15.2. The predicted octanol–water partition coefficient (Wildman–Crippen LogP) is 3.41.